The molecular weight excluding hydrogens is 326 g/mol. The van der Waals surface area contributed by atoms with Crippen LogP contribution in [0, 0.1) is 6.92 Å². The van der Waals surface area contributed by atoms with Gasteiger partial charge in [0.05, 0.1) is 16.7 Å². The predicted octanol–water partition coefficient (Wildman–Crippen LogP) is 0.547. The summed E-state index contributed by atoms with van der Waals surface area (Å²) in [7, 11) is 0. The summed E-state index contributed by atoms with van der Waals surface area (Å²) in [6.45, 7) is 8.42. The van der Waals surface area contributed by atoms with Crippen molar-refractivity contribution >= 4 is 17.8 Å². The lowest BCUT2D eigenvalue weighted by Crippen LogP contribution is -2.56. The summed E-state index contributed by atoms with van der Waals surface area (Å²) >= 11 is 0. The molecule has 1 saturated heterocycles. The zero-order chi connectivity index (χ0) is 19.2. The molecule has 0 aliphatic carbocycles. The SMILES string of the molecule is CC(C)(N)C(=O)N1CCNCC1.Cc1ccc(C(=O)O)cc1C(=O)O. The molecule has 0 aromatic heterocycles. The highest BCUT2D eigenvalue weighted by Crippen LogP contribution is 2.11. The minimum Gasteiger partial charge on any atom is -0.478 e. The third kappa shape index (κ3) is 6.17. The molecule has 8 nitrogen and oxygen atoms in total. The summed E-state index contributed by atoms with van der Waals surface area (Å²) in [6, 6.07) is 4.01. The molecule has 1 fully saturated rings. The summed E-state index contributed by atoms with van der Waals surface area (Å²) in [5.74, 6) is -2.19. The molecular formula is C17H25N3O5. The second-order valence-corrected chi connectivity index (χ2v) is 6.40. The number of amides is 1. The van der Waals surface area contributed by atoms with Crippen LogP contribution < -0.4 is 11.1 Å². The summed E-state index contributed by atoms with van der Waals surface area (Å²) in [6.07, 6.45) is 0. The molecule has 1 aliphatic rings. The first-order valence-corrected chi connectivity index (χ1v) is 7.90. The third-order valence-corrected chi connectivity index (χ3v) is 3.67. The van der Waals surface area contributed by atoms with Crippen LogP contribution in [0.3, 0.4) is 0 Å². The van der Waals surface area contributed by atoms with Gasteiger partial charge < -0.3 is 26.2 Å². The number of carbonyl (C=O) groups is 3. The number of rotatable bonds is 3. The normalized spacial score (nSPS) is 14.3. The van der Waals surface area contributed by atoms with Crippen LogP contribution in [-0.2, 0) is 4.79 Å². The number of carbonyl (C=O) groups excluding carboxylic acids is 1. The van der Waals surface area contributed by atoms with Gasteiger partial charge in [-0.15, -0.1) is 0 Å². The van der Waals surface area contributed by atoms with E-state index in [9.17, 15) is 14.4 Å². The smallest absolute Gasteiger partial charge is 0.335 e. The number of hydrogen-bond acceptors (Lipinski definition) is 5. The Morgan fingerprint density at radius 2 is 1.68 bits per heavy atom. The van der Waals surface area contributed by atoms with E-state index in [2.05, 4.69) is 5.32 Å². The first-order chi connectivity index (χ1) is 11.5. The highest BCUT2D eigenvalue weighted by Gasteiger charge is 2.28. The zero-order valence-electron chi connectivity index (χ0n) is 14.7. The van der Waals surface area contributed by atoms with Crippen LogP contribution in [0.1, 0.15) is 40.1 Å². The van der Waals surface area contributed by atoms with Crippen molar-refractivity contribution in [1.29, 1.82) is 0 Å². The van der Waals surface area contributed by atoms with Gasteiger partial charge in [0.15, 0.2) is 0 Å². The maximum absolute atomic E-state index is 11.6. The van der Waals surface area contributed by atoms with E-state index in [4.69, 9.17) is 15.9 Å². The summed E-state index contributed by atoms with van der Waals surface area (Å²) < 4.78 is 0. The van der Waals surface area contributed by atoms with Crippen LogP contribution in [0.25, 0.3) is 0 Å². The van der Waals surface area contributed by atoms with Gasteiger partial charge in [-0.2, -0.15) is 0 Å². The van der Waals surface area contributed by atoms with Crippen molar-refractivity contribution in [3.05, 3.63) is 34.9 Å². The molecule has 1 aromatic rings. The molecule has 1 amide bonds. The number of benzene rings is 1. The Morgan fingerprint density at radius 3 is 2.12 bits per heavy atom. The fourth-order valence-electron chi connectivity index (χ4n) is 2.26. The van der Waals surface area contributed by atoms with Crippen molar-refractivity contribution in [3.63, 3.8) is 0 Å². The minimum absolute atomic E-state index is 0.0111. The fourth-order valence-corrected chi connectivity index (χ4v) is 2.26. The number of aryl methyl sites for hydroxylation is 1. The van der Waals surface area contributed by atoms with Gasteiger partial charge in [-0.25, -0.2) is 9.59 Å². The number of piperazine rings is 1. The van der Waals surface area contributed by atoms with Gasteiger partial charge in [0, 0.05) is 26.2 Å². The monoisotopic (exact) mass is 351 g/mol. The van der Waals surface area contributed by atoms with E-state index in [1.54, 1.807) is 20.8 Å². The van der Waals surface area contributed by atoms with Crippen molar-refractivity contribution in [3.8, 4) is 0 Å². The van der Waals surface area contributed by atoms with Gasteiger partial charge in [0.25, 0.3) is 0 Å². The van der Waals surface area contributed by atoms with Crippen LogP contribution in [-0.4, -0.2) is 64.7 Å². The molecule has 138 valence electrons. The van der Waals surface area contributed by atoms with E-state index >= 15 is 0 Å². The molecule has 0 radical (unpaired) electrons. The van der Waals surface area contributed by atoms with Gasteiger partial charge in [0.1, 0.15) is 0 Å². The quantitative estimate of drug-likeness (QED) is 0.625. The van der Waals surface area contributed by atoms with Gasteiger partial charge >= 0.3 is 11.9 Å². The summed E-state index contributed by atoms with van der Waals surface area (Å²) in [4.78, 5) is 34.5. The largest absolute Gasteiger partial charge is 0.478 e. The number of carboxylic acids is 2. The molecule has 2 rings (SSSR count). The Kier molecular flexibility index (Phi) is 7.08. The van der Waals surface area contributed by atoms with Crippen molar-refractivity contribution in [2.24, 2.45) is 5.73 Å². The van der Waals surface area contributed by atoms with Crippen LogP contribution in [0.5, 0.6) is 0 Å². The van der Waals surface area contributed by atoms with Crippen molar-refractivity contribution in [2.45, 2.75) is 26.3 Å². The topological polar surface area (TPSA) is 133 Å². The molecule has 0 saturated carbocycles. The van der Waals surface area contributed by atoms with Gasteiger partial charge in [-0.3, -0.25) is 4.79 Å². The molecule has 1 aromatic carbocycles. The lowest BCUT2D eigenvalue weighted by atomic mass is 10.1. The lowest BCUT2D eigenvalue weighted by Gasteiger charge is -2.32. The fraction of sp³-hybridized carbons (Fsp3) is 0.471. The molecule has 5 N–H and O–H groups in total. The van der Waals surface area contributed by atoms with E-state index in [-0.39, 0.29) is 17.0 Å². The summed E-state index contributed by atoms with van der Waals surface area (Å²) in [5, 5.41) is 20.5. The zero-order valence-corrected chi connectivity index (χ0v) is 14.7. The Hall–Kier alpha value is -2.45. The molecule has 0 atom stereocenters. The highest BCUT2D eigenvalue weighted by molar-refractivity contribution is 5.94. The van der Waals surface area contributed by atoms with Gasteiger partial charge in [-0.05, 0) is 38.5 Å². The maximum atomic E-state index is 11.6. The molecule has 8 heteroatoms. The van der Waals surface area contributed by atoms with Gasteiger partial charge in [0.2, 0.25) is 5.91 Å². The highest BCUT2D eigenvalue weighted by atomic mass is 16.4. The average Bonchev–Trinajstić information content (AvgIpc) is 2.54. The number of carboxylic acid groups (broad SMARTS) is 2. The van der Waals surface area contributed by atoms with Crippen molar-refractivity contribution in [2.75, 3.05) is 26.2 Å². The maximum Gasteiger partial charge on any atom is 0.335 e. The first kappa shape index (κ1) is 20.6. The van der Waals surface area contributed by atoms with Crippen LogP contribution in [0.15, 0.2) is 18.2 Å². The molecule has 1 aliphatic heterocycles. The number of hydrogen-bond donors (Lipinski definition) is 4. The minimum atomic E-state index is -1.12. The van der Waals surface area contributed by atoms with Crippen molar-refractivity contribution in [1.82, 2.24) is 10.2 Å². The summed E-state index contributed by atoms with van der Waals surface area (Å²) in [5.41, 5.74) is 5.54. The van der Waals surface area contributed by atoms with E-state index in [0.29, 0.717) is 5.56 Å². The average molecular weight is 351 g/mol. The molecule has 0 bridgehead atoms. The molecule has 1 heterocycles. The van der Waals surface area contributed by atoms with Gasteiger partial charge in [-0.1, -0.05) is 6.07 Å². The number of nitrogens with two attached hydrogens (primary N) is 1. The Morgan fingerprint density at radius 1 is 1.12 bits per heavy atom. The van der Waals surface area contributed by atoms with E-state index in [1.807, 2.05) is 4.90 Å². The predicted molar refractivity (Wildman–Crippen MR) is 92.8 cm³/mol. The molecule has 0 unspecified atom stereocenters. The Balaban J connectivity index is 0.000000251. The third-order valence-electron chi connectivity index (χ3n) is 3.67. The van der Waals surface area contributed by atoms with Crippen molar-refractivity contribution < 1.29 is 24.6 Å². The van der Waals surface area contributed by atoms with E-state index in [1.165, 1.54) is 12.1 Å². The number of nitrogens with one attached hydrogen (secondary N) is 1. The molecule has 0 spiro atoms. The standard InChI is InChI=1S/C9H8O4.C8H17N3O/c1-5-2-3-6(8(10)11)4-7(5)9(12)13;1-8(2,9)7(12)11-5-3-10-4-6-11/h2-4H,1H3,(H,10,11)(H,12,13);10H,3-6,9H2,1-2H3. The van der Waals surface area contributed by atoms with Crippen LogP contribution in [0.2, 0.25) is 0 Å². The number of aromatic carboxylic acids is 2. The Bertz CT molecular complexity index is 646. The second kappa shape index (κ2) is 8.59. The first-order valence-electron chi connectivity index (χ1n) is 7.90. The van der Waals surface area contributed by atoms with Crippen LogP contribution >= 0.6 is 0 Å². The number of nitrogens with zero attached hydrogens (tertiary/aromatic N) is 1. The van der Waals surface area contributed by atoms with E-state index < -0.39 is 17.5 Å². The Labute approximate surface area is 146 Å². The van der Waals surface area contributed by atoms with Crippen LogP contribution in [0.4, 0.5) is 0 Å². The lowest BCUT2D eigenvalue weighted by molar-refractivity contribution is -0.136. The second-order valence-electron chi connectivity index (χ2n) is 6.40. The van der Waals surface area contributed by atoms with E-state index in [0.717, 1.165) is 32.2 Å². The molecule has 25 heavy (non-hydrogen) atoms.